The van der Waals surface area contributed by atoms with Crippen LogP contribution in [0.4, 0.5) is 0 Å². The van der Waals surface area contributed by atoms with E-state index in [1.165, 1.54) is 11.1 Å². The molecule has 9 heavy (non-hydrogen) atoms. The highest BCUT2D eigenvalue weighted by Crippen LogP contribution is 2.02. The van der Waals surface area contributed by atoms with Crippen molar-refractivity contribution in [2.24, 2.45) is 0 Å². The van der Waals surface area contributed by atoms with Gasteiger partial charge in [-0.05, 0) is 6.07 Å². The van der Waals surface area contributed by atoms with Crippen LogP contribution in [-0.2, 0) is 6.54 Å². The molecular formula is C7H7N2+. The van der Waals surface area contributed by atoms with Gasteiger partial charge in [-0.2, -0.15) is 0 Å². The molecule has 0 atom stereocenters. The molecule has 0 bridgehead atoms. The Labute approximate surface area is 53.3 Å². The van der Waals surface area contributed by atoms with Gasteiger partial charge < -0.3 is 0 Å². The van der Waals surface area contributed by atoms with Gasteiger partial charge in [-0.15, -0.1) is 0 Å². The highest BCUT2D eigenvalue weighted by molar-refractivity contribution is 5.78. The van der Waals surface area contributed by atoms with Gasteiger partial charge in [0.25, 0.3) is 0 Å². The molecule has 44 valence electrons. The molecule has 1 aromatic rings. The van der Waals surface area contributed by atoms with E-state index in [1.807, 2.05) is 24.7 Å². The molecule has 0 radical (unpaired) electrons. The Balaban J connectivity index is 2.63. The summed E-state index contributed by atoms with van der Waals surface area (Å²) in [6.07, 6.45) is 5.71. The summed E-state index contributed by atoms with van der Waals surface area (Å²) < 4.78 is 0. The first-order valence-corrected chi connectivity index (χ1v) is 2.96. The number of rotatable bonds is 0. The van der Waals surface area contributed by atoms with Crippen molar-refractivity contribution in [3.63, 3.8) is 0 Å². The number of hydrogen-bond acceptors (Lipinski definition) is 1. The topological polar surface area (TPSA) is 26.9 Å². The molecule has 0 fully saturated rings. The zero-order valence-electron chi connectivity index (χ0n) is 4.96. The number of fused-ring (bicyclic) bond motifs is 1. The maximum Gasteiger partial charge on any atom is 0.169 e. The van der Waals surface area contributed by atoms with Crippen LogP contribution in [0, 0.1) is 0 Å². The fourth-order valence-corrected chi connectivity index (χ4v) is 0.997. The summed E-state index contributed by atoms with van der Waals surface area (Å²) in [4.78, 5) is 7.12. The summed E-state index contributed by atoms with van der Waals surface area (Å²) in [6, 6.07) is 2.01. The number of nitrogens with zero attached hydrogens (tertiary/aromatic N) is 1. The van der Waals surface area contributed by atoms with Gasteiger partial charge in [-0.1, -0.05) is 0 Å². The number of hydrogen-bond donors (Lipinski definition) is 1. The van der Waals surface area contributed by atoms with Gasteiger partial charge in [0, 0.05) is 18.0 Å². The van der Waals surface area contributed by atoms with Gasteiger partial charge in [0.1, 0.15) is 0 Å². The smallest absolute Gasteiger partial charge is 0.169 e. The number of aromatic nitrogens is 1. The zero-order chi connectivity index (χ0) is 6.10. The molecular weight excluding hydrogens is 112 g/mol. The summed E-state index contributed by atoms with van der Waals surface area (Å²) in [5.41, 5.74) is 2.56. The Morgan fingerprint density at radius 1 is 1.56 bits per heavy atom. The third-order valence-electron chi connectivity index (χ3n) is 1.49. The molecule has 2 heterocycles. The van der Waals surface area contributed by atoms with E-state index < -0.39 is 0 Å². The largest absolute Gasteiger partial charge is 0.264 e. The van der Waals surface area contributed by atoms with Crippen LogP contribution >= 0.6 is 0 Å². The fourth-order valence-electron chi connectivity index (χ4n) is 0.997. The summed E-state index contributed by atoms with van der Waals surface area (Å²) in [6.45, 7) is 0.934. The minimum absolute atomic E-state index is 0.934. The Hall–Kier alpha value is -1.18. The van der Waals surface area contributed by atoms with Crippen molar-refractivity contribution in [3.8, 4) is 0 Å². The minimum atomic E-state index is 0.934. The van der Waals surface area contributed by atoms with E-state index in [-0.39, 0.29) is 0 Å². The molecule has 1 N–H and O–H groups in total. The zero-order valence-corrected chi connectivity index (χ0v) is 4.96. The SMILES string of the molecule is C1=[NH+]Cc2cnccc21. The molecule has 0 amide bonds. The minimum Gasteiger partial charge on any atom is -0.264 e. The fraction of sp³-hybridized carbons (Fsp3) is 0.143. The Bertz CT molecular complexity index is 253. The lowest BCUT2D eigenvalue weighted by atomic mass is 10.2. The molecule has 0 spiro atoms. The molecule has 0 aliphatic carbocycles. The summed E-state index contributed by atoms with van der Waals surface area (Å²) in [7, 11) is 0. The Morgan fingerprint density at radius 2 is 2.56 bits per heavy atom. The molecule has 0 saturated heterocycles. The third-order valence-corrected chi connectivity index (χ3v) is 1.49. The Kier molecular flexibility index (Phi) is 0.859. The second-order valence-corrected chi connectivity index (χ2v) is 2.10. The van der Waals surface area contributed by atoms with Gasteiger partial charge in [-0.25, -0.2) is 4.99 Å². The lowest BCUT2D eigenvalue weighted by molar-refractivity contribution is -0.464. The summed E-state index contributed by atoms with van der Waals surface area (Å²) in [5, 5.41) is 0. The molecule has 0 unspecified atom stereocenters. The predicted octanol–water partition coefficient (Wildman–Crippen LogP) is -0.905. The molecule has 1 aliphatic rings. The molecule has 2 heteroatoms. The third kappa shape index (κ3) is 0.633. The first-order valence-electron chi connectivity index (χ1n) is 2.96. The van der Waals surface area contributed by atoms with E-state index in [0.717, 1.165) is 6.54 Å². The van der Waals surface area contributed by atoms with E-state index in [4.69, 9.17) is 0 Å². The maximum atomic E-state index is 4.00. The molecule has 1 aromatic heterocycles. The maximum absolute atomic E-state index is 4.00. The van der Waals surface area contributed by atoms with Gasteiger partial charge in [0.05, 0.1) is 5.56 Å². The van der Waals surface area contributed by atoms with Gasteiger partial charge >= 0.3 is 0 Å². The predicted molar refractivity (Wildman–Crippen MR) is 34.1 cm³/mol. The van der Waals surface area contributed by atoms with Crippen LogP contribution in [-0.4, -0.2) is 11.2 Å². The van der Waals surface area contributed by atoms with Gasteiger partial charge in [0.15, 0.2) is 12.8 Å². The van der Waals surface area contributed by atoms with Crippen LogP contribution in [0.1, 0.15) is 11.1 Å². The van der Waals surface area contributed by atoms with Crippen molar-refractivity contribution in [1.82, 2.24) is 4.98 Å². The van der Waals surface area contributed by atoms with E-state index in [9.17, 15) is 0 Å². The average molecular weight is 119 g/mol. The summed E-state index contributed by atoms with van der Waals surface area (Å²) >= 11 is 0. The van der Waals surface area contributed by atoms with Gasteiger partial charge in [-0.3, -0.25) is 4.98 Å². The lowest BCUT2D eigenvalue weighted by Crippen LogP contribution is -2.63. The standard InChI is InChI=1S/C7H6N2/c1-2-8-4-7-5-9-3-6(1)7/h1-4H,5H2/p+1. The molecule has 1 aliphatic heterocycles. The van der Waals surface area contributed by atoms with Crippen LogP contribution in [0.3, 0.4) is 0 Å². The summed E-state index contributed by atoms with van der Waals surface area (Å²) in [5.74, 6) is 0. The van der Waals surface area contributed by atoms with E-state index in [2.05, 4.69) is 9.98 Å². The monoisotopic (exact) mass is 119 g/mol. The van der Waals surface area contributed by atoms with Crippen molar-refractivity contribution >= 4 is 6.21 Å². The van der Waals surface area contributed by atoms with Crippen molar-refractivity contribution in [2.75, 3.05) is 0 Å². The van der Waals surface area contributed by atoms with E-state index in [0.29, 0.717) is 0 Å². The number of pyridine rings is 1. The second kappa shape index (κ2) is 1.65. The van der Waals surface area contributed by atoms with E-state index in [1.54, 1.807) is 0 Å². The first kappa shape index (κ1) is 4.68. The quantitative estimate of drug-likeness (QED) is 0.470. The van der Waals surface area contributed by atoms with Crippen molar-refractivity contribution in [2.45, 2.75) is 6.54 Å². The van der Waals surface area contributed by atoms with Crippen molar-refractivity contribution in [1.29, 1.82) is 0 Å². The first-order chi connectivity index (χ1) is 4.47. The molecule has 0 saturated carbocycles. The van der Waals surface area contributed by atoms with Crippen molar-refractivity contribution in [3.05, 3.63) is 29.6 Å². The second-order valence-electron chi connectivity index (χ2n) is 2.10. The van der Waals surface area contributed by atoms with Crippen LogP contribution < -0.4 is 4.99 Å². The molecule has 2 nitrogen and oxygen atoms in total. The van der Waals surface area contributed by atoms with Crippen molar-refractivity contribution < 1.29 is 4.99 Å². The van der Waals surface area contributed by atoms with Crippen LogP contribution in [0.25, 0.3) is 0 Å². The number of nitrogens with one attached hydrogen (secondary N) is 1. The average Bonchev–Trinajstić information content (AvgIpc) is 2.33. The highest BCUT2D eigenvalue weighted by Gasteiger charge is 2.08. The van der Waals surface area contributed by atoms with Crippen LogP contribution in [0.15, 0.2) is 18.5 Å². The van der Waals surface area contributed by atoms with Crippen LogP contribution in [0.2, 0.25) is 0 Å². The molecule has 2 rings (SSSR count). The molecule has 0 aromatic carbocycles. The lowest BCUT2D eigenvalue weighted by Gasteiger charge is -1.86. The van der Waals surface area contributed by atoms with Crippen LogP contribution in [0.5, 0.6) is 0 Å². The Morgan fingerprint density at radius 3 is 3.44 bits per heavy atom. The van der Waals surface area contributed by atoms with Gasteiger partial charge in [0.2, 0.25) is 0 Å². The normalized spacial score (nSPS) is 13.8. The highest BCUT2D eigenvalue weighted by atomic mass is 14.7. The van der Waals surface area contributed by atoms with E-state index >= 15 is 0 Å².